The zero-order valence-corrected chi connectivity index (χ0v) is 17.5. The van der Waals surface area contributed by atoms with E-state index in [1.807, 2.05) is 34.9 Å². The van der Waals surface area contributed by atoms with Gasteiger partial charge in [-0.1, -0.05) is 36.4 Å². The Morgan fingerprint density at radius 3 is 2.76 bits per heavy atom. The lowest BCUT2D eigenvalue weighted by Gasteiger charge is -2.26. The van der Waals surface area contributed by atoms with Crippen molar-refractivity contribution < 1.29 is 9.18 Å². The van der Waals surface area contributed by atoms with E-state index in [-0.39, 0.29) is 18.3 Å². The minimum atomic E-state index is -0.259. The molecular formula is C23H28FN3OS. The van der Waals surface area contributed by atoms with Gasteiger partial charge in [0.15, 0.2) is 0 Å². The van der Waals surface area contributed by atoms with Crippen LogP contribution in [0.5, 0.6) is 0 Å². The van der Waals surface area contributed by atoms with Gasteiger partial charge in [0.1, 0.15) is 5.82 Å². The fourth-order valence-corrected chi connectivity index (χ4v) is 4.38. The number of anilines is 1. The number of carbonyl (C=O) groups excluding carboxylic acids is 1. The largest absolute Gasteiger partial charge is 0.325 e. The van der Waals surface area contributed by atoms with E-state index < -0.39 is 0 Å². The first-order valence-electron chi connectivity index (χ1n) is 9.89. The van der Waals surface area contributed by atoms with Crippen LogP contribution >= 0.6 is 11.8 Å². The van der Waals surface area contributed by atoms with Crippen LogP contribution in [0.3, 0.4) is 0 Å². The van der Waals surface area contributed by atoms with E-state index in [1.54, 1.807) is 24.3 Å². The minimum Gasteiger partial charge on any atom is -0.325 e. The maximum Gasteiger partial charge on any atom is 0.238 e. The molecule has 1 N–H and O–H groups in total. The molecule has 0 radical (unpaired) electrons. The van der Waals surface area contributed by atoms with E-state index in [2.05, 4.69) is 22.9 Å². The zero-order chi connectivity index (χ0) is 20.5. The smallest absolute Gasteiger partial charge is 0.238 e. The Morgan fingerprint density at radius 2 is 2.00 bits per heavy atom. The van der Waals surface area contributed by atoms with Crippen molar-refractivity contribution in [3.63, 3.8) is 0 Å². The number of nitrogens with one attached hydrogen (secondary N) is 1. The predicted octanol–water partition coefficient (Wildman–Crippen LogP) is 4.00. The third-order valence-corrected chi connectivity index (χ3v) is 5.77. The van der Waals surface area contributed by atoms with Gasteiger partial charge in [-0.15, -0.1) is 6.58 Å². The second-order valence-corrected chi connectivity index (χ2v) is 8.41. The van der Waals surface area contributed by atoms with Gasteiger partial charge < -0.3 is 5.32 Å². The number of benzene rings is 2. The number of nitrogens with zero attached hydrogens (tertiary/aromatic N) is 2. The summed E-state index contributed by atoms with van der Waals surface area (Å²) in [5, 5.41) is 2.98. The lowest BCUT2D eigenvalue weighted by atomic mass is 10.2. The van der Waals surface area contributed by atoms with Crippen LogP contribution in [-0.2, 0) is 17.9 Å². The van der Waals surface area contributed by atoms with Gasteiger partial charge in [0.05, 0.1) is 6.54 Å². The maximum atomic E-state index is 14.0. The van der Waals surface area contributed by atoms with Crippen molar-refractivity contribution in [1.29, 1.82) is 0 Å². The Morgan fingerprint density at radius 1 is 1.21 bits per heavy atom. The van der Waals surface area contributed by atoms with Crippen LogP contribution in [0.1, 0.15) is 11.1 Å². The molecule has 1 fully saturated rings. The van der Waals surface area contributed by atoms with Gasteiger partial charge in [-0.25, -0.2) is 4.39 Å². The number of amides is 1. The first-order chi connectivity index (χ1) is 14.1. The summed E-state index contributed by atoms with van der Waals surface area (Å²) >= 11 is 2.00. The number of rotatable bonds is 9. The normalized spacial score (nSPS) is 14.7. The van der Waals surface area contributed by atoms with Crippen molar-refractivity contribution >= 4 is 23.4 Å². The SMILES string of the molecule is C=CCN(CC(=O)Nc1cccc(CN2CCSCC2)c1)Cc1ccccc1F. The summed E-state index contributed by atoms with van der Waals surface area (Å²) in [6.07, 6.45) is 1.73. The van der Waals surface area contributed by atoms with E-state index in [9.17, 15) is 9.18 Å². The molecule has 154 valence electrons. The molecule has 1 saturated heterocycles. The Balaban J connectivity index is 1.57. The van der Waals surface area contributed by atoms with Crippen LogP contribution in [-0.4, -0.2) is 53.4 Å². The highest BCUT2D eigenvalue weighted by Gasteiger charge is 2.14. The van der Waals surface area contributed by atoms with Crippen LogP contribution in [0.15, 0.2) is 61.2 Å². The highest BCUT2D eigenvalue weighted by Crippen LogP contribution is 2.16. The van der Waals surface area contributed by atoms with E-state index in [0.717, 1.165) is 25.3 Å². The molecule has 0 unspecified atom stereocenters. The fourth-order valence-electron chi connectivity index (χ4n) is 3.40. The molecule has 4 nitrogen and oxygen atoms in total. The van der Waals surface area contributed by atoms with Crippen molar-refractivity contribution in [3.05, 3.63) is 78.1 Å². The van der Waals surface area contributed by atoms with E-state index in [4.69, 9.17) is 0 Å². The molecule has 2 aromatic carbocycles. The molecule has 1 aliphatic heterocycles. The third kappa shape index (κ3) is 6.99. The van der Waals surface area contributed by atoms with Crippen LogP contribution in [0.4, 0.5) is 10.1 Å². The lowest BCUT2D eigenvalue weighted by Crippen LogP contribution is -2.33. The molecule has 1 amide bonds. The van der Waals surface area contributed by atoms with Crippen molar-refractivity contribution in [1.82, 2.24) is 9.80 Å². The van der Waals surface area contributed by atoms with Gasteiger partial charge in [0.25, 0.3) is 0 Å². The van der Waals surface area contributed by atoms with Crippen LogP contribution in [0.25, 0.3) is 0 Å². The summed E-state index contributed by atoms with van der Waals surface area (Å²) in [5.41, 5.74) is 2.57. The average Bonchev–Trinajstić information content (AvgIpc) is 2.71. The molecule has 1 aliphatic rings. The molecule has 6 heteroatoms. The summed E-state index contributed by atoms with van der Waals surface area (Å²) in [4.78, 5) is 16.9. The highest BCUT2D eigenvalue weighted by atomic mass is 32.2. The Kier molecular flexibility index (Phi) is 8.28. The Labute approximate surface area is 176 Å². The van der Waals surface area contributed by atoms with Gasteiger partial charge >= 0.3 is 0 Å². The second-order valence-electron chi connectivity index (χ2n) is 7.19. The topological polar surface area (TPSA) is 35.6 Å². The van der Waals surface area contributed by atoms with Gasteiger partial charge in [0, 0.05) is 55.5 Å². The maximum absolute atomic E-state index is 14.0. The van der Waals surface area contributed by atoms with Gasteiger partial charge in [0.2, 0.25) is 5.91 Å². The summed E-state index contributed by atoms with van der Waals surface area (Å²) in [5.74, 6) is 1.98. The van der Waals surface area contributed by atoms with Crippen molar-refractivity contribution in [2.75, 3.05) is 43.0 Å². The minimum absolute atomic E-state index is 0.116. The standard InChI is InChI=1S/C23H28FN3OS/c1-2-10-27(17-20-7-3-4-9-22(20)24)18-23(28)25-21-8-5-6-19(15-21)16-26-11-13-29-14-12-26/h2-9,15H,1,10-14,16-18H2,(H,25,28). The summed E-state index contributed by atoms with van der Waals surface area (Å²) in [7, 11) is 0. The molecule has 1 heterocycles. The lowest BCUT2D eigenvalue weighted by molar-refractivity contribution is -0.117. The first kappa shape index (κ1) is 21.6. The molecule has 0 aliphatic carbocycles. The molecule has 0 aromatic heterocycles. The first-order valence-corrected chi connectivity index (χ1v) is 11.0. The zero-order valence-electron chi connectivity index (χ0n) is 16.6. The molecule has 0 saturated carbocycles. The molecule has 3 rings (SSSR count). The Bertz CT molecular complexity index is 823. The molecule has 0 bridgehead atoms. The van der Waals surface area contributed by atoms with Gasteiger partial charge in [-0.2, -0.15) is 11.8 Å². The monoisotopic (exact) mass is 413 g/mol. The molecule has 2 aromatic rings. The molecular weight excluding hydrogens is 385 g/mol. The van der Waals surface area contributed by atoms with E-state index >= 15 is 0 Å². The molecule has 0 atom stereocenters. The summed E-state index contributed by atoms with van der Waals surface area (Å²) in [6.45, 7) is 7.91. The summed E-state index contributed by atoms with van der Waals surface area (Å²) in [6, 6.07) is 14.7. The third-order valence-electron chi connectivity index (χ3n) is 4.83. The molecule has 0 spiro atoms. The van der Waals surface area contributed by atoms with Crippen molar-refractivity contribution in [2.24, 2.45) is 0 Å². The quantitative estimate of drug-likeness (QED) is 0.631. The second kappa shape index (κ2) is 11.1. The fraction of sp³-hybridized carbons (Fsp3) is 0.348. The number of hydrogen-bond donors (Lipinski definition) is 1. The van der Waals surface area contributed by atoms with E-state index in [0.29, 0.717) is 18.7 Å². The van der Waals surface area contributed by atoms with E-state index in [1.165, 1.54) is 23.1 Å². The Hall–Kier alpha value is -2.15. The number of hydrogen-bond acceptors (Lipinski definition) is 4. The number of thioether (sulfide) groups is 1. The van der Waals surface area contributed by atoms with Gasteiger partial charge in [-0.3, -0.25) is 14.6 Å². The van der Waals surface area contributed by atoms with Crippen molar-refractivity contribution in [3.8, 4) is 0 Å². The average molecular weight is 414 g/mol. The summed E-state index contributed by atoms with van der Waals surface area (Å²) < 4.78 is 14.0. The van der Waals surface area contributed by atoms with Crippen LogP contribution < -0.4 is 5.32 Å². The van der Waals surface area contributed by atoms with Crippen molar-refractivity contribution in [2.45, 2.75) is 13.1 Å². The van der Waals surface area contributed by atoms with Gasteiger partial charge in [-0.05, 0) is 23.8 Å². The predicted molar refractivity (Wildman–Crippen MR) is 120 cm³/mol. The van der Waals surface area contributed by atoms with Crippen LogP contribution in [0, 0.1) is 5.82 Å². The highest BCUT2D eigenvalue weighted by molar-refractivity contribution is 7.99. The van der Waals surface area contributed by atoms with Crippen LogP contribution in [0.2, 0.25) is 0 Å². The number of carbonyl (C=O) groups is 1. The number of halogens is 1. The molecule has 29 heavy (non-hydrogen) atoms.